The van der Waals surface area contributed by atoms with Gasteiger partial charge in [0.2, 0.25) is 0 Å². The van der Waals surface area contributed by atoms with Crippen molar-refractivity contribution in [2.45, 2.75) is 13.8 Å². The summed E-state index contributed by atoms with van der Waals surface area (Å²) in [5.41, 5.74) is 0. The number of hydrogen-bond donors (Lipinski definition) is 0. The van der Waals surface area contributed by atoms with Gasteiger partial charge in [-0.3, -0.25) is 4.79 Å². The van der Waals surface area contributed by atoms with Crippen LogP contribution < -0.4 is 0 Å². The maximum absolute atomic E-state index is 10.3. The van der Waals surface area contributed by atoms with E-state index in [2.05, 4.69) is 11.3 Å². The smallest absolute Gasteiger partial charge is 0.302 e. The molecule has 0 rings (SSSR count). The summed E-state index contributed by atoms with van der Waals surface area (Å²) < 4.78 is 14.4. The minimum absolute atomic E-state index is 0.149. The van der Waals surface area contributed by atoms with E-state index in [1.54, 1.807) is 6.92 Å². The minimum Gasteiger partial charge on any atom is -0.473 e. The first-order valence-corrected chi connectivity index (χ1v) is 3.62. The molecule has 0 aromatic carbocycles. The third-order valence-electron chi connectivity index (χ3n) is 0.922. The van der Waals surface area contributed by atoms with Gasteiger partial charge in [0.05, 0.1) is 12.4 Å². The highest BCUT2D eigenvalue weighted by atomic mass is 16.7. The Bertz CT molecular complexity index is 135. The Balaban J connectivity index is 3.01. The fourth-order valence-corrected chi connectivity index (χ4v) is 0.446. The van der Waals surface area contributed by atoms with Gasteiger partial charge >= 0.3 is 5.97 Å². The summed E-state index contributed by atoms with van der Waals surface area (Å²) >= 11 is 0. The van der Waals surface area contributed by atoms with Gasteiger partial charge in [-0.15, -0.1) is 0 Å². The fourth-order valence-electron chi connectivity index (χ4n) is 0.446. The van der Waals surface area contributed by atoms with Gasteiger partial charge in [0.15, 0.2) is 6.79 Å². The molecule has 0 amide bonds. The van der Waals surface area contributed by atoms with Crippen LogP contribution in [0.15, 0.2) is 12.3 Å². The van der Waals surface area contributed by atoms with Crippen molar-refractivity contribution in [1.29, 1.82) is 0 Å². The second-order valence-corrected chi connectivity index (χ2v) is 2.21. The van der Waals surface area contributed by atoms with Crippen LogP contribution >= 0.6 is 0 Å². The second-order valence-electron chi connectivity index (χ2n) is 2.21. The normalized spacial score (nSPS) is 9.17. The zero-order chi connectivity index (χ0) is 9.40. The molecule has 0 aliphatic rings. The lowest BCUT2D eigenvalue weighted by atomic mass is 10.7. The van der Waals surface area contributed by atoms with Crippen molar-refractivity contribution >= 4 is 5.97 Å². The summed E-state index contributed by atoms with van der Waals surface area (Å²) in [5.74, 6) is 0.293. The summed E-state index contributed by atoms with van der Waals surface area (Å²) in [6.07, 6.45) is 0. The van der Waals surface area contributed by atoms with Crippen LogP contribution in [0.5, 0.6) is 0 Å². The molecule has 0 atom stereocenters. The molecule has 4 heteroatoms. The molecule has 0 aliphatic heterocycles. The van der Waals surface area contributed by atoms with Crippen molar-refractivity contribution in [3.05, 3.63) is 12.3 Å². The highest BCUT2D eigenvalue weighted by Crippen LogP contribution is 1.89. The van der Waals surface area contributed by atoms with E-state index in [-0.39, 0.29) is 19.4 Å². The molecule has 0 saturated heterocycles. The monoisotopic (exact) mass is 174 g/mol. The van der Waals surface area contributed by atoms with Crippen molar-refractivity contribution in [2.75, 3.05) is 20.0 Å². The third-order valence-corrected chi connectivity index (χ3v) is 0.922. The van der Waals surface area contributed by atoms with Crippen LogP contribution in [0.2, 0.25) is 0 Å². The van der Waals surface area contributed by atoms with Crippen LogP contribution in [0.25, 0.3) is 0 Å². The Hall–Kier alpha value is -1.03. The van der Waals surface area contributed by atoms with Gasteiger partial charge in [-0.1, -0.05) is 6.58 Å². The molecule has 0 fully saturated rings. The van der Waals surface area contributed by atoms with Gasteiger partial charge in [0.1, 0.15) is 6.61 Å². The van der Waals surface area contributed by atoms with Crippen LogP contribution in [0.4, 0.5) is 0 Å². The van der Waals surface area contributed by atoms with E-state index in [1.807, 2.05) is 0 Å². The van der Waals surface area contributed by atoms with Crippen LogP contribution in [0.1, 0.15) is 13.8 Å². The predicted molar refractivity (Wildman–Crippen MR) is 43.4 cm³/mol. The number of hydrogen-bond acceptors (Lipinski definition) is 4. The number of carbonyl (C=O) groups excluding carboxylic acids is 1. The molecule has 0 spiro atoms. The first kappa shape index (κ1) is 11.0. The lowest BCUT2D eigenvalue weighted by Crippen LogP contribution is -2.09. The predicted octanol–water partition coefficient (Wildman–Crippen LogP) is 1.07. The standard InChI is InChI=1S/C8H14O4/c1-7(2)12-6-10-4-5-11-8(3)9/h1,4-6H2,2-3H3. The SMILES string of the molecule is C=C(C)OCOCCOC(C)=O. The Kier molecular flexibility index (Phi) is 6.09. The highest BCUT2D eigenvalue weighted by molar-refractivity contribution is 5.65. The van der Waals surface area contributed by atoms with Crippen molar-refractivity contribution in [2.24, 2.45) is 0 Å². The van der Waals surface area contributed by atoms with E-state index in [0.29, 0.717) is 12.4 Å². The zero-order valence-corrected chi connectivity index (χ0v) is 7.46. The molecule has 0 unspecified atom stereocenters. The van der Waals surface area contributed by atoms with Crippen molar-refractivity contribution in [3.63, 3.8) is 0 Å². The van der Waals surface area contributed by atoms with E-state index < -0.39 is 0 Å². The van der Waals surface area contributed by atoms with Crippen LogP contribution in [0.3, 0.4) is 0 Å². The third kappa shape index (κ3) is 8.97. The molecular formula is C8H14O4. The summed E-state index contributed by atoms with van der Waals surface area (Å²) in [4.78, 5) is 10.3. The van der Waals surface area contributed by atoms with Crippen molar-refractivity contribution in [3.8, 4) is 0 Å². The molecule has 70 valence electrons. The quantitative estimate of drug-likeness (QED) is 0.261. The van der Waals surface area contributed by atoms with E-state index >= 15 is 0 Å². The molecule has 12 heavy (non-hydrogen) atoms. The molecule has 0 aromatic rings. The average molecular weight is 174 g/mol. The van der Waals surface area contributed by atoms with Gasteiger partial charge in [-0.25, -0.2) is 0 Å². The van der Waals surface area contributed by atoms with Gasteiger partial charge in [-0.05, 0) is 6.92 Å². The average Bonchev–Trinajstić information content (AvgIpc) is 1.95. The molecule has 0 aromatic heterocycles. The fraction of sp³-hybridized carbons (Fsp3) is 0.625. The zero-order valence-electron chi connectivity index (χ0n) is 7.46. The van der Waals surface area contributed by atoms with Crippen molar-refractivity contribution in [1.82, 2.24) is 0 Å². The van der Waals surface area contributed by atoms with E-state index in [1.165, 1.54) is 6.92 Å². The Labute approximate surface area is 72.1 Å². The lowest BCUT2D eigenvalue weighted by molar-refractivity contribution is -0.143. The van der Waals surface area contributed by atoms with Gasteiger partial charge in [-0.2, -0.15) is 0 Å². The van der Waals surface area contributed by atoms with Gasteiger partial charge < -0.3 is 14.2 Å². The summed E-state index contributed by atoms with van der Waals surface area (Å²) in [5, 5.41) is 0. The summed E-state index contributed by atoms with van der Waals surface area (Å²) in [6, 6.07) is 0. The van der Waals surface area contributed by atoms with Crippen LogP contribution in [0, 0.1) is 0 Å². The Morgan fingerprint density at radius 2 is 1.92 bits per heavy atom. The number of rotatable bonds is 6. The topological polar surface area (TPSA) is 44.8 Å². The second kappa shape index (κ2) is 6.67. The maximum atomic E-state index is 10.3. The molecule has 0 heterocycles. The molecule has 0 radical (unpaired) electrons. The van der Waals surface area contributed by atoms with E-state index in [0.717, 1.165) is 0 Å². The molecule has 0 bridgehead atoms. The Morgan fingerprint density at radius 1 is 1.25 bits per heavy atom. The molecule has 4 nitrogen and oxygen atoms in total. The minimum atomic E-state index is -0.306. The molecule has 0 saturated carbocycles. The van der Waals surface area contributed by atoms with E-state index in [9.17, 15) is 4.79 Å². The number of esters is 1. The van der Waals surface area contributed by atoms with Crippen LogP contribution in [-0.4, -0.2) is 26.0 Å². The van der Waals surface area contributed by atoms with Gasteiger partial charge in [0, 0.05) is 6.92 Å². The summed E-state index contributed by atoms with van der Waals surface area (Å²) in [7, 11) is 0. The number of carbonyl (C=O) groups is 1. The van der Waals surface area contributed by atoms with Crippen molar-refractivity contribution < 1.29 is 19.0 Å². The van der Waals surface area contributed by atoms with Crippen LogP contribution in [-0.2, 0) is 19.0 Å². The highest BCUT2D eigenvalue weighted by Gasteiger charge is 1.92. The Morgan fingerprint density at radius 3 is 2.42 bits per heavy atom. The first-order valence-electron chi connectivity index (χ1n) is 3.62. The number of allylic oxidation sites excluding steroid dienone is 1. The molecule has 0 N–H and O–H groups in total. The molecule has 0 aliphatic carbocycles. The maximum Gasteiger partial charge on any atom is 0.302 e. The lowest BCUT2D eigenvalue weighted by Gasteiger charge is -2.05. The largest absolute Gasteiger partial charge is 0.473 e. The van der Waals surface area contributed by atoms with E-state index in [4.69, 9.17) is 9.47 Å². The first-order chi connectivity index (χ1) is 5.63. The summed E-state index contributed by atoms with van der Waals surface area (Å²) in [6.45, 7) is 7.35. The van der Waals surface area contributed by atoms with Gasteiger partial charge in [0.25, 0.3) is 0 Å². The molecular weight excluding hydrogens is 160 g/mol. The number of ether oxygens (including phenoxy) is 3.